The molecule has 0 spiro atoms. The number of methoxy groups -OCH3 is 1. The molecular formula is C29H25BrN2O5. The van der Waals surface area contributed by atoms with Crippen molar-refractivity contribution in [2.45, 2.75) is 13.8 Å². The maximum absolute atomic E-state index is 13.4. The molecule has 0 saturated carbocycles. The average molecular weight is 561 g/mol. The molecule has 1 heterocycles. The maximum Gasteiger partial charge on any atom is 0.340 e. The Kier molecular flexibility index (Phi) is 7.89. The van der Waals surface area contributed by atoms with Gasteiger partial charge in [0.2, 0.25) is 0 Å². The van der Waals surface area contributed by atoms with Crippen molar-refractivity contribution in [2.75, 3.05) is 23.9 Å². The predicted molar refractivity (Wildman–Crippen MR) is 146 cm³/mol. The van der Waals surface area contributed by atoms with Crippen LogP contribution in [0.4, 0.5) is 11.4 Å². The lowest BCUT2D eigenvalue weighted by atomic mass is 10.0. The molecule has 2 amide bonds. The number of nitrogens with zero attached hydrogens (tertiary/aromatic N) is 1. The fourth-order valence-corrected chi connectivity index (χ4v) is 4.30. The Bertz CT molecular complexity index is 1410. The number of allylic oxidation sites excluding steroid dienone is 1. The van der Waals surface area contributed by atoms with E-state index in [4.69, 9.17) is 9.47 Å². The van der Waals surface area contributed by atoms with Crippen LogP contribution in [0, 0.1) is 6.92 Å². The lowest BCUT2D eigenvalue weighted by Crippen LogP contribution is -2.24. The van der Waals surface area contributed by atoms with Gasteiger partial charge in [0, 0.05) is 15.9 Å². The van der Waals surface area contributed by atoms with Crippen molar-refractivity contribution >= 4 is 51.2 Å². The summed E-state index contributed by atoms with van der Waals surface area (Å²) in [6.07, 6.45) is 1.64. The number of anilines is 2. The van der Waals surface area contributed by atoms with Crippen molar-refractivity contribution < 1.29 is 23.9 Å². The van der Waals surface area contributed by atoms with Crippen LogP contribution in [-0.2, 0) is 19.1 Å². The largest absolute Gasteiger partial charge is 0.484 e. The molecule has 0 bridgehead atoms. The van der Waals surface area contributed by atoms with Crippen LogP contribution in [0.15, 0.2) is 94.1 Å². The highest BCUT2D eigenvalue weighted by Crippen LogP contribution is 2.36. The monoisotopic (exact) mass is 560 g/mol. The zero-order chi connectivity index (χ0) is 26.5. The average Bonchev–Trinajstić information content (AvgIpc) is 3.13. The predicted octanol–water partition coefficient (Wildman–Crippen LogP) is 5.65. The highest BCUT2D eigenvalue weighted by atomic mass is 79.9. The number of halogens is 1. The van der Waals surface area contributed by atoms with Gasteiger partial charge in [-0.1, -0.05) is 51.8 Å². The van der Waals surface area contributed by atoms with Crippen molar-refractivity contribution in [3.8, 4) is 5.75 Å². The SMILES string of the molecule is COC(=O)C1=C(C)N(c2cccc(Br)c2)C(=O)/C1=C\c1ccc(OCC(=O)Nc2ccc(C)cc2)cc1. The second-order valence-electron chi connectivity index (χ2n) is 8.40. The maximum atomic E-state index is 13.4. The summed E-state index contributed by atoms with van der Waals surface area (Å²) in [6, 6.07) is 21.7. The number of carbonyl (C=O) groups excluding carboxylic acids is 3. The number of amides is 2. The van der Waals surface area contributed by atoms with Crippen LogP contribution in [-0.4, -0.2) is 31.5 Å². The van der Waals surface area contributed by atoms with Gasteiger partial charge in [-0.2, -0.15) is 0 Å². The van der Waals surface area contributed by atoms with Crippen molar-refractivity contribution in [1.82, 2.24) is 0 Å². The number of esters is 1. The molecule has 4 rings (SSSR count). The molecule has 1 N–H and O–H groups in total. The van der Waals surface area contributed by atoms with Crippen LogP contribution < -0.4 is 15.0 Å². The fourth-order valence-electron chi connectivity index (χ4n) is 3.92. The molecule has 3 aromatic carbocycles. The van der Waals surface area contributed by atoms with E-state index >= 15 is 0 Å². The minimum atomic E-state index is -0.589. The van der Waals surface area contributed by atoms with E-state index < -0.39 is 5.97 Å². The van der Waals surface area contributed by atoms with Gasteiger partial charge in [-0.3, -0.25) is 14.5 Å². The number of hydrogen-bond donors (Lipinski definition) is 1. The van der Waals surface area contributed by atoms with Gasteiger partial charge in [-0.15, -0.1) is 0 Å². The molecule has 0 aliphatic carbocycles. The van der Waals surface area contributed by atoms with E-state index in [0.29, 0.717) is 28.4 Å². The molecule has 0 saturated heterocycles. The molecule has 3 aromatic rings. The number of benzene rings is 3. The Labute approximate surface area is 223 Å². The van der Waals surface area contributed by atoms with Crippen LogP contribution in [0.2, 0.25) is 0 Å². The molecule has 188 valence electrons. The zero-order valence-electron chi connectivity index (χ0n) is 20.6. The first-order valence-electron chi connectivity index (χ1n) is 11.5. The van der Waals surface area contributed by atoms with Crippen molar-refractivity contribution in [1.29, 1.82) is 0 Å². The molecular weight excluding hydrogens is 536 g/mol. The van der Waals surface area contributed by atoms with Crippen LogP contribution in [0.25, 0.3) is 6.08 Å². The highest BCUT2D eigenvalue weighted by molar-refractivity contribution is 9.10. The number of aryl methyl sites for hydroxylation is 1. The number of ether oxygens (including phenoxy) is 2. The Balaban J connectivity index is 1.50. The Morgan fingerprint density at radius 3 is 2.35 bits per heavy atom. The molecule has 1 aliphatic rings. The second-order valence-corrected chi connectivity index (χ2v) is 9.32. The van der Waals surface area contributed by atoms with Gasteiger partial charge < -0.3 is 14.8 Å². The number of nitrogens with one attached hydrogen (secondary N) is 1. The second kappa shape index (κ2) is 11.3. The third-order valence-corrected chi connectivity index (χ3v) is 6.25. The zero-order valence-corrected chi connectivity index (χ0v) is 22.2. The number of carbonyl (C=O) groups is 3. The van der Waals surface area contributed by atoms with E-state index in [1.807, 2.05) is 43.3 Å². The van der Waals surface area contributed by atoms with Crippen LogP contribution in [0.5, 0.6) is 5.75 Å². The van der Waals surface area contributed by atoms with Gasteiger partial charge in [-0.25, -0.2) is 4.79 Å². The Morgan fingerprint density at radius 1 is 1.00 bits per heavy atom. The fraction of sp³-hybridized carbons (Fsp3) is 0.138. The first-order valence-corrected chi connectivity index (χ1v) is 12.3. The van der Waals surface area contributed by atoms with Crippen LogP contribution >= 0.6 is 15.9 Å². The van der Waals surface area contributed by atoms with Crippen molar-refractivity contribution in [2.24, 2.45) is 0 Å². The van der Waals surface area contributed by atoms with Gasteiger partial charge in [-0.05, 0) is 68.0 Å². The van der Waals surface area contributed by atoms with Crippen LogP contribution in [0.3, 0.4) is 0 Å². The smallest absolute Gasteiger partial charge is 0.340 e. The summed E-state index contributed by atoms with van der Waals surface area (Å²) in [5.41, 5.74) is 4.05. The molecule has 37 heavy (non-hydrogen) atoms. The normalized spacial score (nSPS) is 14.2. The molecule has 8 heteroatoms. The van der Waals surface area contributed by atoms with E-state index in [1.165, 1.54) is 12.0 Å². The van der Waals surface area contributed by atoms with E-state index in [2.05, 4.69) is 21.2 Å². The topological polar surface area (TPSA) is 84.9 Å². The minimum Gasteiger partial charge on any atom is -0.484 e. The van der Waals surface area contributed by atoms with Gasteiger partial charge in [0.25, 0.3) is 11.8 Å². The molecule has 0 radical (unpaired) electrons. The molecule has 0 aromatic heterocycles. The third-order valence-electron chi connectivity index (χ3n) is 5.75. The first kappa shape index (κ1) is 25.9. The quantitative estimate of drug-likeness (QED) is 0.298. The molecule has 1 aliphatic heterocycles. The summed E-state index contributed by atoms with van der Waals surface area (Å²) in [5, 5.41) is 2.78. The third kappa shape index (κ3) is 5.98. The summed E-state index contributed by atoms with van der Waals surface area (Å²) in [6.45, 7) is 3.54. The summed E-state index contributed by atoms with van der Waals surface area (Å²) >= 11 is 3.43. The molecule has 7 nitrogen and oxygen atoms in total. The lowest BCUT2D eigenvalue weighted by Gasteiger charge is -2.18. The van der Waals surface area contributed by atoms with Gasteiger partial charge in [0.05, 0.1) is 23.9 Å². The molecule has 0 atom stereocenters. The highest BCUT2D eigenvalue weighted by Gasteiger charge is 2.37. The van der Waals surface area contributed by atoms with Crippen molar-refractivity contribution in [3.05, 3.63) is 105 Å². The summed E-state index contributed by atoms with van der Waals surface area (Å²) < 4.78 is 11.4. The Hall–Kier alpha value is -4.17. The van der Waals surface area contributed by atoms with Gasteiger partial charge in [0.15, 0.2) is 6.61 Å². The van der Waals surface area contributed by atoms with E-state index in [9.17, 15) is 14.4 Å². The summed E-state index contributed by atoms with van der Waals surface area (Å²) in [5.74, 6) is -0.699. The lowest BCUT2D eigenvalue weighted by molar-refractivity contribution is -0.136. The van der Waals surface area contributed by atoms with E-state index in [-0.39, 0.29) is 29.6 Å². The molecule has 0 fully saturated rings. The summed E-state index contributed by atoms with van der Waals surface area (Å²) in [4.78, 5) is 39.7. The number of hydrogen-bond acceptors (Lipinski definition) is 5. The molecule has 0 unspecified atom stereocenters. The summed E-state index contributed by atoms with van der Waals surface area (Å²) in [7, 11) is 1.29. The van der Waals surface area contributed by atoms with E-state index in [0.717, 1.165) is 10.0 Å². The van der Waals surface area contributed by atoms with Gasteiger partial charge in [0.1, 0.15) is 5.75 Å². The van der Waals surface area contributed by atoms with Gasteiger partial charge >= 0.3 is 5.97 Å². The number of rotatable bonds is 7. The minimum absolute atomic E-state index is 0.150. The Morgan fingerprint density at radius 2 is 1.70 bits per heavy atom. The first-order chi connectivity index (χ1) is 17.8. The standard InChI is InChI=1S/C29H25BrN2O5/c1-18-7-11-22(12-8-18)31-26(33)17-37-24-13-9-20(10-14-24)15-25-27(29(35)36-3)19(2)32(28(25)34)23-6-4-5-21(30)16-23/h4-16H,17H2,1-3H3,(H,31,33)/b25-15-. The van der Waals surface area contributed by atoms with Crippen LogP contribution in [0.1, 0.15) is 18.1 Å². The van der Waals surface area contributed by atoms with Crippen molar-refractivity contribution in [3.63, 3.8) is 0 Å². The van der Waals surface area contributed by atoms with E-state index in [1.54, 1.807) is 49.4 Å².